The molecule has 2 unspecified atom stereocenters. The molecule has 2 saturated heterocycles. The molecule has 2 fully saturated rings. The van der Waals surface area contributed by atoms with Crippen LogP contribution in [0.1, 0.15) is 37.7 Å². The molecule has 0 aromatic heterocycles. The van der Waals surface area contributed by atoms with Gasteiger partial charge in [0.2, 0.25) is 0 Å². The number of piperidine rings is 1. The highest BCUT2D eigenvalue weighted by molar-refractivity contribution is 5.16. The van der Waals surface area contributed by atoms with Gasteiger partial charge in [-0.05, 0) is 51.3 Å². The quantitative estimate of drug-likeness (QED) is 0.863. The molecular weight excluding hydrogens is 248 g/mol. The molecule has 2 aliphatic rings. The summed E-state index contributed by atoms with van der Waals surface area (Å²) in [7, 11) is 1.96. The van der Waals surface area contributed by atoms with Crippen LogP contribution in [0.15, 0.2) is 30.3 Å². The number of benzene rings is 1. The van der Waals surface area contributed by atoms with E-state index in [1.54, 1.807) is 0 Å². The van der Waals surface area contributed by atoms with E-state index < -0.39 is 5.60 Å². The van der Waals surface area contributed by atoms with Crippen molar-refractivity contribution in [3.05, 3.63) is 35.9 Å². The van der Waals surface area contributed by atoms with Crippen LogP contribution < -0.4 is 5.32 Å². The molecule has 1 aromatic rings. The molecular formula is C17H26N2O. The van der Waals surface area contributed by atoms with Crippen molar-refractivity contribution in [1.29, 1.82) is 0 Å². The van der Waals surface area contributed by atoms with Crippen molar-refractivity contribution in [2.45, 2.75) is 56.3 Å². The van der Waals surface area contributed by atoms with Gasteiger partial charge in [-0.1, -0.05) is 30.3 Å². The third kappa shape index (κ3) is 2.90. The Hall–Kier alpha value is -0.900. The largest absolute Gasteiger partial charge is 0.390 e. The predicted octanol–water partition coefficient (Wildman–Crippen LogP) is 2.15. The van der Waals surface area contributed by atoms with E-state index in [0.717, 1.165) is 32.4 Å². The zero-order valence-electron chi connectivity index (χ0n) is 12.4. The van der Waals surface area contributed by atoms with Gasteiger partial charge in [0.1, 0.15) is 0 Å². The summed E-state index contributed by atoms with van der Waals surface area (Å²) in [6.45, 7) is 1.95. The summed E-state index contributed by atoms with van der Waals surface area (Å²) in [6.07, 6.45) is 5.27. The first-order chi connectivity index (χ1) is 9.70. The van der Waals surface area contributed by atoms with Crippen molar-refractivity contribution in [2.75, 3.05) is 13.6 Å². The molecule has 2 N–H and O–H groups in total. The summed E-state index contributed by atoms with van der Waals surface area (Å²) in [4.78, 5) is 2.63. The molecule has 0 aliphatic carbocycles. The topological polar surface area (TPSA) is 35.5 Å². The fourth-order valence-corrected chi connectivity index (χ4v) is 4.03. The Kier molecular flexibility index (Phi) is 4.11. The van der Waals surface area contributed by atoms with E-state index in [9.17, 15) is 5.11 Å². The van der Waals surface area contributed by atoms with E-state index in [2.05, 4.69) is 40.5 Å². The molecule has 1 aromatic carbocycles. The minimum Gasteiger partial charge on any atom is -0.390 e. The standard InChI is InChI=1S/C17H26N2O/c1-18-10-9-17(20)11-15-7-8-16(12-17)19(15)13-14-5-3-2-4-6-14/h2-6,15-16,18,20H,7-13H2,1H3. The molecule has 0 radical (unpaired) electrons. The summed E-state index contributed by atoms with van der Waals surface area (Å²) in [6, 6.07) is 11.9. The number of nitrogens with zero attached hydrogens (tertiary/aromatic N) is 1. The molecule has 3 nitrogen and oxygen atoms in total. The number of hydrogen-bond acceptors (Lipinski definition) is 3. The lowest BCUT2D eigenvalue weighted by molar-refractivity contribution is -0.0590. The fourth-order valence-electron chi connectivity index (χ4n) is 4.03. The number of hydrogen-bond donors (Lipinski definition) is 2. The first kappa shape index (κ1) is 14.1. The van der Waals surface area contributed by atoms with Crippen LogP contribution in [0.2, 0.25) is 0 Å². The van der Waals surface area contributed by atoms with Crippen molar-refractivity contribution in [2.24, 2.45) is 0 Å². The second kappa shape index (κ2) is 5.84. The molecule has 2 bridgehead atoms. The molecule has 20 heavy (non-hydrogen) atoms. The van der Waals surface area contributed by atoms with Crippen LogP contribution in [0.4, 0.5) is 0 Å². The number of fused-ring (bicyclic) bond motifs is 2. The highest BCUT2D eigenvalue weighted by Gasteiger charge is 2.46. The van der Waals surface area contributed by atoms with Crippen LogP contribution in [0.25, 0.3) is 0 Å². The second-order valence-corrected chi connectivity index (χ2v) is 6.53. The maximum atomic E-state index is 10.8. The zero-order valence-corrected chi connectivity index (χ0v) is 12.4. The maximum Gasteiger partial charge on any atom is 0.0689 e. The summed E-state index contributed by atoms with van der Waals surface area (Å²) in [5.41, 5.74) is 0.951. The predicted molar refractivity (Wildman–Crippen MR) is 81.5 cm³/mol. The Balaban J connectivity index is 1.66. The second-order valence-electron chi connectivity index (χ2n) is 6.53. The first-order valence-corrected chi connectivity index (χ1v) is 7.87. The van der Waals surface area contributed by atoms with E-state index in [1.165, 1.54) is 18.4 Å². The third-order valence-electron chi connectivity index (χ3n) is 5.05. The molecule has 3 heteroatoms. The average Bonchev–Trinajstić information content (AvgIpc) is 2.71. The van der Waals surface area contributed by atoms with Gasteiger partial charge in [-0.2, -0.15) is 0 Å². The Labute approximate surface area is 122 Å². The van der Waals surface area contributed by atoms with Gasteiger partial charge in [-0.3, -0.25) is 4.90 Å². The van der Waals surface area contributed by atoms with E-state index in [0.29, 0.717) is 12.1 Å². The molecule has 2 atom stereocenters. The summed E-state index contributed by atoms with van der Waals surface area (Å²) < 4.78 is 0. The number of nitrogens with one attached hydrogen (secondary N) is 1. The zero-order chi connectivity index (χ0) is 14.0. The Morgan fingerprint density at radius 3 is 2.45 bits per heavy atom. The minimum absolute atomic E-state index is 0.442. The number of rotatable bonds is 5. The monoisotopic (exact) mass is 274 g/mol. The SMILES string of the molecule is CNCCC1(O)CC2CCC(C1)N2Cc1ccccc1. The Morgan fingerprint density at radius 1 is 1.20 bits per heavy atom. The molecule has 3 rings (SSSR count). The minimum atomic E-state index is -0.442. The normalized spacial score (nSPS) is 33.5. The van der Waals surface area contributed by atoms with Gasteiger partial charge in [0.25, 0.3) is 0 Å². The first-order valence-electron chi connectivity index (χ1n) is 7.87. The summed E-state index contributed by atoms with van der Waals surface area (Å²) >= 11 is 0. The van der Waals surface area contributed by atoms with Gasteiger partial charge in [-0.25, -0.2) is 0 Å². The third-order valence-corrected chi connectivity index (χ3v) is 5.05. The lowest BCUT2D eigenvalue weighted by Crippen LogP contribution is -2.51. The molecule has 2 aliphatic heterocycles. The highest BCUT2D eigenvalue weighted by Crippen LogP contribution is 2.42. The van der Waals surface area contributed by atoms with Crippen LogP contribution in [-0.2, 0) is 6.54 Å². The van der Waals surface area contributed by atoms with Crippen LogP contribution in [0, 0.1) is 0 Å². The summed E-state index contributed by atoms with van der Waals surface area (Å²) in [5.74, 6) is 0. The van der Waals surface area contributed by atoms with Crippen molar-refractivity contribution < 1.29 is 5.11 Å². The Bertz CT molecular complexity index is 420. The molecule has 110 valence electrons. The lowest BCUT2D eigenvalue weighted by Gasteiger charge is -2.44. The van der Waals surface area contributed by atoms with Crippen molar-refractivity contribution >= 4 is 0 Å². The maximum absolute atomic E-state index is 10.8. The van der Waals surface area contributed by atoms with Gasteiger partial charge in [0.15, 0.2) is 0 Å². The van der Waals surface area contributed by atoms with Gasteiger partial charge in [-0.15, -0.1) is 0 Å². The highest BCUT2D eigenvalue weighted by atomic mass is 16.3. The van der Waals surface area contributed by atoms with Crippen LogP contribution in [-0.4, -0.2) is 41.3 Å². The van der Waals surface area contributed by atoms with Gasteiger partial charge in [0, 0.05) is 18.6 Å². The molecule has 2 heterocycles. The van der Waals surface area contributed by atoms with Gasteiger partial charge in [0.05, 0.1) is 5.60 Å². The van der Waals surface area contributed by atoms with Gasteiger partial charge < -0.3 is 10.4 Å². The van der Waals surface area contributed by atoms with Crippen molar-refractivity contribution in [3.63, 3.8) is 0 Å². The Morgan fingerprint density at radius 2 is 1.85 bits per heavy atom. The van der Waals surface area contributed by atoms with Crippen LogP contribution in [0.5, 0.6) is 0 Å². The van der Waals surface area contributed by atoms with Crippen molar-refractivity contribution in [3.8, 4) is 0 Å². The smallest absolute Gasteiger partial charge is 0.0689 e. The van der Waals surface area contributed by atoms with E-state index in [1.807, 2.05) is 7.05 Å². The molecule has 0 amide bonds. The average molecular weight is 274 g/mol. The van der Waals surface area contributed by atoms with Crippen LogP contribution in [0.3, 0.4) is 0 Å². The van der Waals surface area contributed by atoms with E-state index >= 15 is 0 Å². The van der Waals surface area contributed by atoms with E-state index in [4.69, 9.17) is 0 Å². The molecule has 0 saturated carbocycles. The fraction of sp³-hybridized carbons (Fsp3) is 0.647. The summed E-state index contributed by atoms with van der Waals surface area (Å²) in [5, 5.41) is 14.0. The van der Waals surface area contributed by atoms with Gasteiger partial charge >= 0.3 is 0 Å². The molecule has 0 spiro atoms. The number of aliphatic hydroxyl groups is 1. The van der Waals surface area contributed by atoms with Crippen molar-refractivity contribution in [1.82, 2.24) is 10.2 Å². The van der Waals surface area contributed by atoms with Crippen LogP contribution >= 0.6 is 0 Å². The van der Waals surface area contributed by atoms with E-state index in [-0.39, 0.29) is 0 Å². The lowest BCUT2D eigenvalue weighted by atomic mass is 9.83.